The number of nitrogens with zero attached hydrogens (tertiary/aromatic N) is 3. The summed E-state index contributed by atoms with van der Waals surface area (Å²) in [6, 6.07) is 6.83. The van der Waals surface area contributed by atoms with E-state index in [9.17, 15) is 27.2 Å². The van der Waals surface area contributed by atoms with Gasteiger partial charge in [-0.15, -0.1) is 0 Å². The monoisotopic (exact) mass is 728 g/mol. The number of aliphatic imine (C=N–C) groups is 1. The first-order chi connectivity index (χ1) is 23.7. The van der Waals surface area contributed by atoms with Crippen molar-refractivity contribution < 1.29 is 27.1 Å². The van der Waals surface area contributed by atoms with Gasteiger partial charge in [0.25, 0.3) is 5.56 Å². The van der Waals surface area contributed by atoms with Crippen molar-refractivity contribution in [1.82, 2.24) is 30.8 Å². The fraction of sp³-hybridized carbons (Fsp3) is 0.647. The fourth-order valence-corrected chi connectivity index (χ4v) is 5.12. The highest BCUT2D eigenvalue weighted by molar-refractivity contribution is 5.75. The van der Waals surface area contributed by atoms with Crippen LogP contribution in [0.15, 0.2) is 40.2 Å². The summed E-state index contributed by atoms with van der Waals surface area (Å²) in [6.07, 6.45) is -2.79. The normalized spacial score (nSPS) is 17.3. The van der Waals surface area contributed by atoms with E-state index in [2.05, 4.69) is 30.9 Å². The number of aromatic nitrogens is 2. The third-order valence-electron chi connectivity index (χ3n) is 7.53. The molecule has 3 rings (SSSR count). The van der Waals surface area contributed by atoms with Crippen LogP contribution >= 0.6 is 0 Å². The van der Waals surface area contributed by atoms with Crippen LogP contribution in [0.3, 0.4) is 0 Å². The molecule has 1 fully saturated rings. The molecule has 13 nitrogen and oxygen atoms in total. The number of carbonyl (C=O) groups is 1. The molecule has 0 radical (unpaired) electrons. The smallest absolute Gasteiger partial charge is 0.370 e. The van der Waals surface area contributed by atoms with Gasteiger partial charge in [-0.3, -0.25) is 14.7 Å². The van der Waals surface area contributed by atoms with Crippen LogP contribution in [-0.2, 0) is 16.7 Å². The average Bonchev–Trinajstić information content (AvgIpc) is 3.37. The van der Waals surface area contributed by atoms with E-state index in [1.165, 1.54) is 0 Å². The Bertz CT molecular complexity index is 1440. The van der Waals surface area contributed by atoms with Gasteiger partial charge in [-0.05, 0) is 51.3 Å². The molecule has 2 heterocycles. The summed E-state index contributed by atoms with van der Waals surface area (Å²) in [5.41, 5.74) is 17.7. The number of urea groups is 1. The number of hydrogen-bond acceptors (Lipinski definition) is 8. The first-order valence-corrected chi connectivity index (χ1v) is 16.9. The van der Waals surface area contributed by atoms with Crippen molar-refractivity contribution in [3.8, 4) is 11.1 Å². The third-order valence-corrected chi connectivity index (χ3v) is 7.53. The van der Waals surface area contributed by atoms with E-state index in [1.807, 2.05) is 65.8 Å². The molecular weight excluding hydrogens is 672 g/mol. The Morgan fingerprint density at radius 2 is 1.80 bits per heavy atom. The van der Waals surface area contributed by atoms with E-state index in [-0.39, 0.29) is 48.7 Å². The van der Waals surface area contributed by atoms with Crippen LogP contribution in [0, 0.1) is 0 Å². The first-order valence-electron chi connectivity index (χ1n) is 16.9. The zero-order valence-electron chi connectivity index (χ0n) is 30.5. The molecule has 1 aromatic carbocycles. The maximum atomic E-state index is 13.6. The summed E-state index contributed by atoms with van der Waals surface area (Å²) >= 11 is 0. The molecule has 51 heavy (non-hydrogen) atoms. The lowest BCUT2D eigenvalue weighted by molar-refractivity contribution is -0.176. The first kappa shape index (κ1) is 43.4. The van der Waals surface area contributed by atoms with Crippen molar-refractivity contribution >= 4 is 12.0 Å². The maximum Gasteiger partial charge on any atom is 0.411 e. The molecule has 17 heteroatoms. The lowest BCUT2D eigenvalue weighted by atomic mass is 9.95. The number of carbonyl (C=O) groups excluding carboxylic acids is 1. The SMILES string of the molecule is CC(C)(C)NC(=O)N[C@@H]1C[C@@H](COCC(F)(F)F)N(C[C@@H](F)CN)C1.CC(C)(C)c1ncc(-c2ccc(CNCCCN=C(N)N)cc2)c(=O)[nH]1. The number of ether oxygens (including phenoxy) is 1. The highest BCUT2D eigenvalue weighted by Crippen LogP contribution is 2.22. The molecule has 3 atom stereocenters. The van der Waals surface area contributed by atoms with Crippen LogP contribution in [0.5, 0.6) is 0 Å². The van der Waals surface area contributed by atoms with Crippen LogP contribution in [0.25, 0.3) is 11.1 Å². The second-order valence-electron chi connectivity index (χ2n) is 14.6. The molecule has 1 aliphatic rings. The quantitative estimate of drug-likeness (QED) is 0.0661. The van der Waals surface area contributed by atoms with Gasteiger partial charge >= 0.3 is 12.2 Å². The highest BCUT2D eigenvalue weighted by atomic mass is 19.4. The van der Waals surface area contributed by atoms with Gasteiger partial charge in [0.1, 0.15) is 18.6 Å². The number of H-pyrrole nitrogens is 1. The summed E-state index contributed by atoms with van der Waals surface area (Å²) in [4.78, 5) is 37.2. The predicted octanol–water partition coefficient (Wildman–Crippen LogP) is 2.89. The van der Waals surface area contributed by atoms with Crippen LogP contribution in [0.4, 0.5) is 22.4 Å². The number of hydrogen-bond donors (Lipinski definition) is 7. The Hall–Kier alpha value is -3.80. The van der Waals surface area contributed by atoms with Crippen LogP contribution in [0.2, 0.25) is 0 Å². The molecule has 10 N–H and O–H groups in total. The van der Waals surface area contributed by atoms with Crippen molar-refractivity contribution in [1.29, 1.82) is 0 Å². The molecule has 0 aliphatic carbocycles. The summed E-state index contributed by atoms with van der Waals surface area (Å²) in [5.74, 6) is 0.813. The number of likely N-dealkylation sites (tertiary alicyclic amines) is 1. The number of benzene rings is 1. The number of guanidine groups is 1. The molecule has 1 aliphatic heterocycles. The van der Waals surface area contributed by atoms with Crippen LogP contribution in [-0.4, -0.2) is 103 Å². The van der Waals surface area contributed by atoms with E-state index < -0.39 is 30.5 Å². The Kier molecular flexibility index (Phi) is 16.8. The summed E-state index contributed by atoms with van der Waals surface area (Å²) in [6.45, 7) is 12.4. The van der Waals surface area contributed by atoms with Crippen molar-refractivity contribution in [3.05, 3.63) is 52.2 Å². The molecule has 2 aromatic rings. The minimum absolute atomic E-state index is 0.00435. The van der Waals surface area contributed by atoms with E-state index in [1.54, 1.807) is 11.1 Å². The van der Waals surface area contributed by atoms with Gasteiger partial charge in [-0.2, -0.15) is 13.2 Å². The van der Waals surface area contributed by atoms with Crippen molar-refractivity contribution in [3.63, 3.8) is 0 Å². The van der Waals surface area contributed by atoms with Gasteiger partial charge in [-0.1, -0.05) is 45.0 Å². The van der Waals surface area contributed by atoms with Gasteiger partial charge in [-0.25, -0.2) is 14.2 Å². The second kappa shape index (κ2) is 19.7. The van der Waals surface area contributed by atoms with E-state index in [0.717, 1.165) is 30.6 Å². The van der Waals surface area contributed by atoms with Crippen molar-refractivity contribution in [2.75, 3.05) is 45.9 Å². The second-order valence-corrected chi connectivity index (χ2v) is 14.6. The highest BCUT2D eigenvalue weighted by Gasteiger charge is 2.36. The fourth-order valence-electron chi connectivity index (χ4n) is 5.12. The van der Waals surface area contributed by atoms with E-state index >= 15 is 0 Å². The number of amides is 2. The number of aromatic amines is 1. The minimum atomic E-state index is -4.41. The molecule has 0 spiro atoms. The maximum absolute atomic E-state index is 13.6. The molecule has 0 bridgehead atoms. The van der Waals surface area contributed by atoms with Gasteiger partial charge in [0.15, 0.2) is 5.96 Å². The van der Waals surface area contributed by atoms with Gasteiger partial charge < -0.3 is 42.9 Å². The lowest BCUT2D eigenvalue weighted by Gasteiger charge is -2.25. The predicted molar refractivity (Wildman–Crippen MR) is 192 cm³/mol. The number of alkyl halides is 4. The Balaban J connectivity index is 0.000000354. The standard InChI is InChI=1S/C19H28N6O.C15H28F4N4O2/c1-19(2,3)17-24-12-15(16(26)25-17)14-7-5-13(6-8-14)11-22-9-4-10-23-18(20)21;1-14(2,3)22-13(24)21-11-4-12(8-25-9-15(17,18)19)23(7-11)6-10(16)5-20/h5-8,12,22H,4,9-11H2,1-3H3,(H4,20,21,23)(H,24,25,26);10-12H,4-9,20H2,1-3H3,(H2,21,22,24)/t;10-,11+,12-/m.0/s1. The van der Waals surface area contributed by atoms with Gasteiger partial charge in [0.05, 0.1) is 12.2 Å². The average molecular weight is 729 g/mol. The largest absolute Gasteiger partial charge is 0.411 e. The molecule has 2 amide bonds. The third kappa shape index (κ3) is 17.3. The van der Waals surface area contributed by atoms with Gasteiger partial charge in [0, 0.05) is 62.0 Å². The number of nitrogens with one attached hydrogen (secondary N) is 4. The van der Waals surface area contributed by atoms with E-state index in [0.29, 0.717) is 30.9 Å². The summed E-state index contributed by atoms with van der Waals surface area (Å²) in [7, 11) is 0. The molecular formula is C34H56F4N10O3. The summed E-state index contributed by atoms with van der Waals surface area (Å²) < 4.78 is 55.0. The molecule has 1 aromatic heterocycles. The minimum Gasteiger partial charge on any atom is -0.370 e. The molecule has 0 saturated carbocycles. The Morgan fingerprint density at radius 1 is 1.14 bits per heavy atom. The number of nitrogens with two attached hydrogens (primary N) is 3. The van der Waals surface area contributed by atoms with Crippen LogP contribution in [0.1, 0.15) is 65.8 Å². The summed E-state index contributed by atoms with van der Waals surface area (Å²) in [5, 5.41) is 8.86. The number of rotatable bonds is 14. The molecule has 288 valence electrons. The van der Waals surface area contributed by atoms with Gasteiger partial charge in [0.2, 0.25) is 0 Å². The van der Waals surface area contributed by atoms with Crippen LogP contribution < -0.4 is 38.7 Å². The molecule has 0 unspecified atom stereocenters. The Labute approximate surface area is 297 Å². The molecule has 1 saturated heterocycles. The topological polar surface area (TPSA) is 202 Å². The Morgan fingerprint density at radius 3 is 2.35 bits per heavy atom. The zero-order valence-corrected chi connectivity index (χ0v) is 30.5. The zero-order chi connectivity index (χ0) is 38.4. The number of halogens is 4. The lowest BCUT2D eigenvalue weighted by Crippen LogP contribution is -2.50. The van der Waals surface area contributed by atoms with Crippen molar-refractivity contribution in [2.24, 2.45) is 22.2 Å². The van der Waals surface area contributed by atoms with Crippen molar-refractivity contribution in [2.45, 2.75) is 96.3 Å². The van der Waals surface area contributed by atoms with E-state index in [4.69, 9.17) is 21.9 Å².